The first-order chi connectivity index (χ1) is 14.7. The second-order valence-corrected chi connectivity index (χ2v) is 6.18. The van der Waals surface area contributed by atoms with Gasteiger partial charge in [0, 0.05) is 13.1 Å². The summed E-state index contributed by atoms with van der Waals surface area (Å²) in [6.07, 6.45) is 4.03. The Hall–Kier alpha value is -4.04. The molecule has 0 fully saturated rings. The summed E-state index contributed by atoms with van der Waals surface area (Å²) in [7, 11) is 0. The van der Waals surface area contributed by atoms with E-state index >= 15 is 0 Å². The lowest BCUT2D eigenvalue weighted by Crippen LogP contribution is -2.18. The first-order valence-electron chi connectivity index (χ1n) is 9.67. The van der Waals surface area contributed by atoms with Gasteiger partial charge in [-0.2, -0.15) is 10.5 Å². The number of nitriles is 2. The highest BCUT2D eigenvalue weighted by molar-refractivity contribution is 5.42. The SMILES string of the molecule is CCN(C/C=C/CN(CC)N=Nc1ccc(C#N)cc1)N=Nc1ccc(C#N)cc1. The van der Waals surface area contributed by atoms with Gasteiger partial charge in [0.15, 0.2) is 0 Å². The van der Waals surface area contributed by atoms with Crippen LogP contribution in [0.5, 0.6) is 0 Å². The maximum Gasteiger partial charge on any atom is 0.0991 e. The second kappa shape index (κ2) is 12.4. The predicted octanol–water partition coefficient (Wildman–Crippen LogP) is 5.33. The van der Waals surface area contributed by atoms with Gasteiger partial charge in [-0.3, -0.25) is 10.0 Å². The van der Waals surface area contributed by atoms with E-state index in [-0.39, 0.29) is 0 Å². The highest BCUT2D eigenvalue weighted by atomic mass is 15.5. The first-order valence-corrected chi connectivity index (χ1v) is 9.67. The molecule has 2 aromatic rings. The molecule has 0 bridgehead atoms. The normalized spacial score (nSPS) is 11.1. The topological polar surface area (TPSA) is 104 Å². The van der Waals surface area contributed by atoms with Crippen LogP contribution in [0.3, 0.4) is 0 Å². The molecule has 0 N–H and O–H groups in total. The average Bonchev–Trinajstić information content (AvgIpc) is 2.81. The lowest BCUT2D eigenvalue weighted by Gasteiger charge is -2.14. The van der Waals surface area contributed by atoms with E-state index in [4.69, 9.17) is 10.5 Å². The van der Waals surface area contributed by atoms with E-state index in [9.17, 15) is 0 Å². The van der Waals surface area contributed by atoms with Crippen LogP contribution >= 0.6 is 0 Å². The summed E-state index contributed by atoms with van der Waals surface area (Å²) >= 11 is 0. The smallest absolute Gasteiger partial charge is 0.0991 e. The highest BCUT2D eigenvalue weighted by Crippen LogP contribution is 2.14. The van der Waals surface area contributed by atoms with E-state index in [0.717, 1.165) is 13.1 Å². The number of benzene rings is 2. The Balaban J connectivity index is 1.83. The van der Waals surface area contributed by atoms with Gasteiger partial charge in [-0.1, -0.05) is 22.6 Å². The van der Waals surface area contributed by atoms with E-state index in [0.29, 0.717) is 35.6 Å². The van der Waals surface area contributed by atoms with Gasteiger partial charge < -0.3 is 0 Å². The maximum atomic E-state index is 8.83. The fourth-order valence-electron chi connectivity index (χ4n) is 2.29. The Morgan fingerprint density at radius 3 is 1.37 bits per heavy atom. The molecule has 152 valence electrons. The fraction of sp³-hybridized carbons (Fsp3) is 0.273. The van der Waals surface area contributed by atoms with Crippen LogP contribution in [0.25, 0.3) is 0 Å². The van der Waals surface area contributed by atoms with Crippen LogP contribution in [-0.2, 0) is 0 Å². The van der Waals surface area contributed by atoms with Crippen molar-refractivity contribution in [1.29, 1.82) is 10.5 Å². The zero-order valence-electron chi connectivity index (χ0n) is 17.2. The lowest BCUT2D eigenvalue weighted by molar-refractivity contribution is 0.307. The summed E-state index contributed by atoms with van der Waals surface area (Å²) < 4.78 is 0. The highest BCUT2D eigenvalue weighted by Gasteiger charge is 1.98. The summed E-state index contributed by atoms with van der Waals surface area (Å²) in [5, 5.41) is 38.2. The van der Waals surface area contributed by atoms with Crippen molar-refractivity contribution >= 4 is 11.4 Å². The van der Waals surface area contributed by atoms with Gasteiger partial charge in [0.2, 0.25) is 0 Å². The van der Waals surface area contributed by atoms with Crippen molar-refractivity contribution in [2.45, 2.75) is 13.8 Å². The zero-order valence-corrected chi connectivity index (χ0v) is 17.2. The minimum atomic E-state index is 0.598. The van der Waals surface area contributed by atoms with E-state index in [1.165, 1.54) is 0 Å². The van der Waals surface area contributed by atoms with Crippen LogP contribution in [0.2, 0.25) is 0 Å². The Labute approximate surface area is 177 Å². The number of rotatable bonds is 10. The molecule has 0 amide bonds. The molecule has 8 heteroatoms. The van der Waals surface area contributed by atoms with Gasteiger partial charge in [-0.05, 0) is 62.4 Å². The predicted molar refractivity (Wildman–Crippen MR) is 115 cm³/mol. The summed E-state index contributed by atoms with van der Waals surface area (Å²) in [6, 6.07) is 18.1. The number of hydrogen-bond acceptors (Lipinski definition) is 6. The fourth-order valence-corrected chi connectivity index (χ4v) is 2.29. The largest absolute Gasteiger partial charge is 0.275 e. The Morgan fingerprint density at radius 1 is 0.700 bits per heavy atom. The Bertz CT molecular complexity index is 867. The van der Waals surface area contributed by atoms with Crippen LogP contribution in [0.15, 0.2) is 81.4 Å². The van der Waals surface area contributed by atoms with E-state index < -0.39 is 0 Å². The summed E-state index contributed by atoms with van der Waals surface area (Å²) in [5.74, 6) is 0. The van der Waals surface area contributed by atoms with Crippen molar-refractivity contribution < 1.29 is 0 Å². The van der Waals surface area contributed by atoms with Crippen molar-refractivity contribution in [1.82, 2.24) is 10.0 Å². The third kappa shape index (κ3) is 7.53. The molecule has 0 aliphatic rings. The van der Waals surface area contributed by atoms with Crippen LogP contribution < -0.4 is 0 Å². The molecule has 0 unspecified atom stereocenters. The third-order valence-electron chi connectivity index (χ3n) is 4.10. The van der Waals surface area contributed by atoms with E-state index in [1.807, 2.05) is 36.0 Å². The monoisotopic (exact) mass is 400 g/mol. The minimum absolute atomic E-state index is 0.598. The third-order valence-corrected chi connectivity index (χ3v) is 4.10. The van der Waals surface area contributed by atoms with Gasteiger partial charge in [0.25, 0.3) is 0 Å². The summed E-state index contributed by atoms with van der Waals surface area (Å²) in [6.45, 7) is 6.72. The molecule has 2 rings (SSSR count). The van der Waals surface area contributed by atoms with E-state index in [2.05, 4.69) is 32.8 Å². The van der Waals surface area contributed by atoms with Crippen LogP contribution in [0, 0.1) is 22.7 Å². The molecule has 0 saturated heterocycles. The van der Waals surface area contributed by atoms with Gasteiger partial charge in [-0.15, -0.1) is 10.2 Å². The van der Waals surface area contributed by atoms with Crippen molar-refractivity contribution in [2.24, 2.45) is 20.7 Å². The van der Waals surface area contributed by atoms with Crippen LogP contribution in [-0.4, -0.2) is 36.2 Å². The molecule has 2 aromatic carbocycles. The van der Waals surface area contributed by atoms with Crippen molar-refractivity contribution in [3.05, 3.63) is 71.8 Å². The molecule has 0 heterocycles. The van der Waals surface area contributed by atoms with E-state index in [1.54, 1.807) is 48.5 Å². The zero-order chi connectivity index (χ0) is 21.6. The van der Waals surface area contributed by atoms with Gasteiger partial charge in [0.1, 0.15) is 0 Å². The van der Waals surface area contributed by atoms with Crippen LogP contribution in [0.4, 0.5) is 11.4 Å². The number of nitrogens with zero attached hydrogens (tertiary/aromatic N) is 8. The van der Waals surface area contributed by atoms with Crippen LogP contribution in [0.1, 0.15) is 25.0 Å². The molecule has 0 aliphatic carbocycles. The molecular formula is C22H24N8. The maximum absolute atomic E-state index is 8.83. The molecule has 0 atom stereocenters. The van der Waals surface area contributed by atoms with Gasteiger partial charge in [0.05, 0.1) is 47.7 Å². The summed E-state index contributed by atoms with van der Waals surface area (Å²) in [4.78, 5) is 0. The second-order valence-electron chi connectivity index (χ2n) is 6.18. The molecule has 8 nitrogen and oxygen atoms in total. The molecule has 0 aromatic heterocycles. The van der Waals surface area contributed by atoms with Gasteiger partial charge in [-0.25, -0.2) is 0 Å². The Kier molecular flexibility index (Phi) is 9.22. The molecule has 30 heavy (non-hydrogen) atoms. The molecular weight excluding hydrogens is 376 g/mol. The summed E-state index contributed by atoms with van der Waals surface area (Å²) in [5.41, 5.74) is 2.61. The van der Waals surface area contributed by atoms with Crippen molar-refractivity contribution in [3.8, 4) is 12.1 Å². The van der Waals surface area contributed by atoms with Crippen molar-refractivity contribution in [3.63, 3.8) is 0 Å². The molecule has 0 spiro atoms. The molecule has 0 aliphatic heterocycles. The Morgan fingerprint density at radius 2 is 1.07 bits per heavy atom. The average molecular weight is 400 g/mol. The number of hydrogen-bond donors (Lipinski definition) is 0. The lowest BCUT2D eigenvalue weighted by atomic mass is 10.2. The standard InChI is InChI=1S/C22H24N8/c1-3-29(27-25-21-11-7-19(17-23)8-12-21)15-5-6-16-30(4-2)28-26-22-13-9-20(18-24)10-14-22/h5-14H,3-4,15-16H2,1-2H3/b6-5+,27-25?,28-26?. The molecule has 0 radical (unpaired) electrons. The van der Waals surface area contributed by atoms with Gasteiger partial charge >= 0.3 is 0 Å². The number of likely N-dealkylation sites (N-methyl/N-ethyl adjacent to an activating group) is 2. The molecule has 0 saturated carbocycles. The quantitative estimate of drug-likeness (QED) is 0.305. The first kappa shape index (κ1) is 22.3. The minimum Gasteiger partial charge on any atom is -0.275 e. The van der Waals surface area contributed by atoms with Crippen molar-refractivity contribution in [2.75, 3.05) is 26.2 Å².